The number of carbonyl (C=O) groups is 1. The van der Waals surface area contributed by atoms with E-state index >= 15 is 0 Å². The molecular formula is C23H29N3O. The van der Waals surface area contributed by atoms with Crippen LogP contribution in [0.1, 0.15) is 41.7 Å². The largest absolute Gasteiger partial charge is 0.357 e. The summed E-state index contributed by atoms with van der Waals surface area (Å²) in [7, 11) is 0. The lowest BCUT2D eigenvalue weighted by Gasteiger charge is -2.55. The van der Waals surface area contributed by atoms with Crippen LogP contribution in [-0.2, 0) is 6.42 Å². The topological polar surface area (TPSA) is 39.3 Å². The van der Waals surface area contributed by atoms with E-state index in [1.54, 1.807) is 0 Å². The quantitative estimate of drug-likeness (QED) is 0.905. The molecule has 2 bridgehead atoms. The fourth-order valence-corrected chi connectivity index (χ4v) is 5.82. The molecule has 4 heteroatoms. The number of hydrogen-bond donors (Lipinski definition) is 1. The molecule has 4 nitrogen and oxygen atoms in total. The molecule has 1 aromatic carbocycles. The molecule has 2 aromatic rings. The second-order valence-corrected chi connectivity index (χ2v) is 8.69. The molecule has 1 N–H and O–H groups in total. The smallest absolute Gasteiger partial charge is 0.270 e. The average molecular weight is 364 g/mol. The van der Waals surface area contributed by atoms with Crippen LogP contribution < -0.4 is 0 Å². The van der Waals surface area contributed by atoms with Crippen molar-refractivity contribution in [3.8, 4) is 0 Å². The Morgan fingerprint density at radius 1 is 1.04 bits per heavy atom. The molecule has 0 radical (unpaired) electrons. The lowest BCUT2D eigenvalue weighted by molar-refractivity contribution is -0.0499. The Bertz CT molecular complexity index is 772. The van der Waals surface area contributed by atoms with Crippen molar-refractivity contribution in [2.24, 2.45) is 11.8 Å². The molecule has 0 aliphatic carbocycles. The number of rotatable bonds is 3. The van der Waals surface area contributed by atoms with Crippen molar-refractivity contribution in [1.29, 1.82) is 0 Å². The number of aromatic amines is 1. The van der Waals surface area contributed by atoms with Crippen LogP contribution in [0, 0.1) is 11.8 Å². The Morgan fingerprint density at radius 3 is 2.74 bits per heavy atom. The summed E-state index contributed by atoms with van der Waals surface area (Å²) >= 11 is 0. The van der Waals surface area contributed by atoms with Crippen molar-refractivity contribution in [3.63, 3.8) is 0 Å². The van der Waals surface area contributed by atoms with Crippen LogP contribution in [0.4, 0.5) is 0 Å². The molecule has 142 valence electrons. The van der Waals surface area contributed by atoms with Gasteiger partial charge in [0.2, 0.25) is 0 Å². The van der Waals surface area contributed by atoms with E-state index in [1.165, 1.54) is 37.7 Å². The Hall–Kier alpha value is -2.07. The number of hydrogen-bond acceptors (Lipinski definition) is 2. The van der Waals surface area contributed by atoms with Crippen molar-refractivity contribution in [2.75, 3.05) is 19.6 Å². The fraction of sp³-hybridized carbons (Fsp3) is 0.522. The number of piperidine rings is 3. The maximum Gasteiger partial charge on any atom is 0.270 e. The second kappa shape index (κ2) is 7.16. The fourth-order valence-electron chi connectivity index (χ4n) is 5.82. The molecule has 4 heterocycles. The predicted molar refractivity (Wildman–Crippen MR) is 107 cm³/mol. The summed E-state index contributed by atoms with van der Waals surface area (Å²) < 4.78 is 0. The number of carbonyl (C=O) groups excluding carboxylic acids is 1. The highest BCUT2D eigenvalue weighted by Gasteiger charge is 2.45. The molecule has 1 aromatic heterocycles. The zero-order valence-electron chi connectivity index (χ0n) is 15.9. The standard InChI is InChI=1S/C23H29N3O/c27-23(21-9-5-11-24-21)25-14-18-12-19(16-25)22-10-4-8-20(26(22)15-18)13-17-6-2-1-3-7-17/h1-3,5-7,9,11,18-20,22,24H,4,8,10,12-16H2/t18-,19+,20+,22-/m0/s1. The monoisotopic (exact) mass is 363 g/mol. The van der Waals surface area contributed by atoms with Gasteiger partial charge >= 0.3 is 0 Å². The zero-order chi connectivity index (χ0) is 18.2. The number of nitrogens with zero attached hydrogens (tertiary/aromatic N) is 2. The van der Waals surface area contributed by atoms with Crippen molar-refractivity contribution in [2.45, 2.75) is 44.2 Å². The van der Waals surface area contributed by atoms with Crippen LogP contribution in [0.3, 0.4) is 0 Å². The first-order valence-corrected chi connectivity index (χ1v) is 10.5. The van der Waals surface area contributed by atoms with Gasteiger partial charge in [-0.25, -0.2) is 0 Å². The average Bonchev–Trinajstić information content (AvgIpc) is 3.23. The van der Waals surface area contributed by atoms with Gasteiger partial charge in [-0.3, -0.25) is 9.69 Å². The number of nitrogens with one attached hydrogen (secondary N) is 1. The highest BCUT2D eigenvalue weighted by atomic mass is 16.2. The van der Waals surface area contributed by atoms with Crippen LogP contribution in [0.5, 0.6) is 0 Å². The minimum absolute atomic E-state index is 0.180. The molecule has 3 saturated heterocycles. The lowest BCUT2D eigenvalue weighted by Crippen LogP contribution is -2.62. The number of aromatic nitrogens is 1. The zero-order valence-corrected chi connectivity index (χ0v) is 15.9. The minimum atomic E-state index is 0.180. The van der Waals surface area contributed by atoms with E-state index in [0.717, 1.165) is 25.3 Å². The summed E-state index contributed by atoms with van der Waals surface area (Å²) in [5.74, 6) is 1.44. The molecule has 0 unspecified atom stereocenters. The lowest BCUT2D eigenvalue weighted by atomic mass is 9.74. The van der Waals surface area contributed by atoms with E-state index in [9.17, 15) is 4.79 Å². The van der Waals surface area contributed by atoms with Gasteiger partial charge in [0, 0.05) is 37.9 Å². The van der Waals surface area contributed by atoms with Crippen molar-refractivity contribution in [3.05, 3.63) is 59.9 Å². The molecule has 4 atom stereocenters. The number of likely N-dealkylation sites (tertiary alicyclic amines) is 1. The van der Waals surface area contributed by atoms with Gasteiger partial charge in [0.05, 0.1) is 0 Å². The van der Waals surface area contributed by atoms with Gasteiger partial charge in [0.15, 0.2) is 0 Å². The van der Waals surface area contributed by atoms with Gasteiger partial charge in [-0.15, -0.1) is 0 Å². The van der Waals surface area contributed by atoms with Gasteiger partial charge in [0.1, 0.15) is 5.69 Å². The van der Waals surface area contributed by atoms with Crippen LogP contribution in [0.25, 0.3) is 0 Å². The summed E-state index contributed by atoms with van der Waals surface area (Å²) in [6.07, 6.45) is 8.25. The van der Waals surface area contributed by atoms with Crippen LogP contribution in [0.15, 0.2) is 48.7 Å². The van der Waals surface area contributed by atoms with E-state index in [4.69, 9.17) is 0 Å². The van der Waals surface area contributed by atoms with E-state index in [0.29, 0.717) is 23.9 Å². The highest BCUT2D eigenvalue weighted by molar-refractivity contribution is 5.92. The highest BCUT2D eigenvalue weighted by Crippen LogP contribution is 2.40. The molecule has 27 heavy (non-hydrogen) atoms. The molecule has 5 rings (SSSR count). The van der Waals surface area contributed by atoms with Crippen molar-refractivity contribution >= 4 is 5.91 Å². The maximum atomic E-state index is 12.8. The van der Waals surface area contributed by atoms with Crippen LogP contribution in [0.2, 0.25) is 0 Å². The van der Waals surface area contributed by atoms with Gasteiger partial charge in [-0.2, -0.15) is 0 Å². The molecule has 0 saturated carbocycles. The van der Waals surface area contributed by atoms with E-state index in [2.05, 4.69) is 45.1 Å². The number of benzene rings is 1. The maximum absolute atomic E-state index is 12.8. The molecule has 3 aliphatic rings. The third kappa shape index (κ3) is 3.31. The van der Waals surface area contributed by atoms with E-state index in [-0.39, 0.29) is 5.91 Å². The third-order valence-corrected chi connectivity index (χ3v) is 6.94. The summed E-state index contributed by atoms with van der Waals surface area (Å²) in [6.45, 7) is 3.00. The molecule has 1 amide bonds. The van der Waals surface area contributed by atoms with Gasteiger partial charge in [-0.1, -0.05) is 36.8 Å². The van der Waals surface area contributed by atoms with Crippen LogP contribution in [-0.4, -0.2) is 52.4 Å². The predicted octanol–water partition coefficient (Wildman–Crippen LogP) is 3.57. The first kappa shape index (κ1) is 17.1. The first-order valence-electron chi connectivity index (χ1n) is 10.5. The summed E-state index contributed by atoms with van der Waals surface area (Å²) in [4.78, 5) is 20.9. The first-order chi connectivity index (χ1) is 13.3. The normalized spacial score (nSPS) is 30.7. The van der Waals surface area contributed by atoms with E-state index in [1.807, 2.05) is 18.3 Å². The summed E-state index contributed by atoms with van der Waals surface area (Å²) in [5, 5.41) is 0. The SMILES string of the molecule is O=C(c1ccc[nH]1)N1C[C@@H]2C[C@H](C1)[C@@H]1CCC[C@H](Cc3ccccc3)N1C2. The Morgan fingerprint density at radius 2 is 1.93 bits per heavy atom. The third-order valence-electron chi connectivity index (χ3n) is 6.94. The van der Waals surface area contributed by atoms with Gasteiger partial charge in [0.25, 0.3) is 5.91 Å². The van der Waals surface area contributed by atoms with Crippen molar-refractivity contribution in [1.82, 2.24) is 14.8 Å². The Kier molecular flexibility index (Phi) is 4.52. The molecule has 3 fully saturated rings. The number of H-pyrrole nitrogens is 1. The summed E-state index contributed by atoms with van der Waals surface area (Å²) in [5.41, 5.74) is 2.19. The van der Waals surface area contributed by atoms with Gasteiger partial charge < -0.3 is 9.88 Å². The molecule has 0 spiro atoms. The van der Waals surface area contributed by atoms with Gasteiger partial charge in [-0.05, 0) is 55.2 Å². The van der Waals surface area contributed by atoms with E-state index < -0.39 is 0 Å². The Balaban J connectivity index is 1.31. The number of fused-ring (bicyclic) bond motifs is 4. The van der Waals surface area contributed by atoms with Crippen molar-refractivity contribution < 1.29 is 4.79 Å². The summed E-state index contributed by atoms with van der Waals surface area (Å²) in [6, 6.07) is 16.1. The minimum Gasteiger partial charge on any atom is -0.357 e. The molecule has 3 aliphatic heterocycles. The second-order valence-electron chi connectivity index (χ2n) is 8.69. The Labute approximate surface area is 161 Å². The number of amides is 1. The molecular weight excluding hydrogens is 334 g/mol. The van der Waals surface area contributed by atoms with Crippen LogP contribution >= 0.6 is 0 Å².